The molecule has 2 saturated heterocycles. The summed E-state index contributed by atoms with van der Waals surface area (Å²) in [5.74, 6) is 0.893. The van der Waals surface area contributed by atoms with Crippen LogP contribution in [0.25, 0.3) is 0 Å². The molecule has 1 aromatic heterocycles. The average Bonchev–Trinajstić information content (AvgIpc) is 3.27. The zero-order valence-corrected chi connectivity index (χ0v) is 20.3. The van der Waals surface area contributed by atoms with E-state index < -0.39 is 10.0 Å². The summed E-state index contributed by atoms with van der Waals surface area (Å²) >= 11 is 6.95. The van der Waals surface area contributed by atoms with Gasteiger partial charge in [0.2, 0.25) is 5.91 Å². The first kappa shape index (κ1) is 23.3. The highest BCUT2D eigenvalue weighted by Gasteiger charge is 2.31. The minimum Gasteiger partial charge on any atom is -0.497 e. The second kappa shape index (κ2) is 9.96. The number of nitrogens with zero attached hydrogens (tertiary/aromatic N) is 4. The summed E-state index contributed by atoms with van der Waals surface area (Å²) in [6.07, 6.45) is 0. The lowest BCUT2D eigenvalue weighted by atomic mass is 10.2. The Morgan fingerprint density at radius 2 is 1.62 bits per heavy atom. The summed E-state index contributed by atoms with van der Waals surface area (Å²) in [5, 5.41) is 0. The predicted molar refractivity (Wildman–Crippen MR) is 126 cm³/mol. The van der Waals surface area contributed by atoms with Crippen molar-refractivity contribution in [3.63, 3.8) is 0 Å². The van der Waals surface area contributed by atoms with Crippen molar-refractivity contribution >= 4 is 44.6 Å². The molecule has 1 aromatic carbocycles. The van der Waals surface area contributed by atoms with Gasteiger partial charge in [0.15, 0.2) is 0 Å². The highest BCUT2D eigenvalue weighted by molar-refractivity contribution is 7.91. The maximum Gasteiger partial charge on any atom is 0.252 e. The molecule has 0 unspecified atom stereocenters. The first-order valence-electron chi connectivity index (χ1n) is 10.5. The topological polar surface area (TPSA) is 73.4 Å². The molecule has 0 atom stereocenters. The molecule has 2 fully saturated rings. The van der Waals surface area contributed by atoms with Crippen molar-refractivity contribution in [2.75, 3.05) is 70.9 Å². The molecule has 1 amide bonds. The largest absolute Gasteiger partial charge is 0.497 e. The van der Waals surface area contributed by atoms with Crippen LogP contribution in [0.3, 0.4) is 0 Å². The van der Waals surface area contributed by atoms with Crippen molar-refractivity contribution in [2.24, 2.45) is 0 Å². The maximum atomic E-state index is 12.8. The highest BCUT2D eigenvalue weighted by Crippen LogP contribution is 2.28. The Labute approximate surface area is 198 Å². The molecule has 2 aromatic rings. The quantitative estimate of drug-likeness (QED) is 0.607. The van der Waals surface area contributed by atoms with Gasteiger partial charge < -0.3 is 14.5 Å². The number of thiophene rings is 1. The number of benzene rings is 1. The monoisotopic (exact) mass is 498 g/mol. The van der Waals surface area contributed by atoms with Crippen LogP contribution >= 0.6 is 22.9 Å². The Bertz CT molecular complexity index is 1030. The number of carbonyl (C=O) groups excluding carboxylic acids is 1. The summed E-state index contributed by atoms with van der Waals surface area (Å²) in [4.78, 5) is 19.0. The van der Waals surface area contributed by atoms with Gasteiger partial charge >= 0.3 is 0 Å². The van der Waals surface area contributed by atoms with E-state index >= 15 is 0 Å². The predicted octanol–water partition coefficient (Wildman–Crippen LogP) is 2.07. The van der Waals surface area contributed by atoms with Gasteiger partial charge in [0.1, 0.15) is 9.96 Å². The van der Waals surface area contributed by atoms with Crippen LogP contribution in [-0.2, 0) is 14.8 Å². The van der Waals surface area contributed by atoms with E-state index in [1.54, 1.807) is 18.1 Å². The number of ether oxygens (including phenoxy) is 1. The molecule has 2 aliphatic rings. The first-order valence-corrected chi connectivity index (χ1v) is 13.1. The van der Waals surface area contributed by atoms with E-state index in [1.165, 1.54) is 10.4 Å². The molecule has 0 N–H and O–H groups in total. The second-order valence-corrected chi connectivity index (χ2v) is 11.7. The molecule has 8 nitrogen and oxygen atoms in total. The van der Waals surface area contributed by atoms with E-state index in [4.69, 9.17) is 16.3 Å². The fraction of sp³-hybridized carbons (Fsp3) is 0.476. The molecule has 2 aliphatic heterocycles. The van der Waals surface area contributed by atoms with Crippen LogP contribution in [0.4, 0.5) is 5.69 Å². The molecule has 0 aliphatic carbocycles. The molecule has 11 heteroatoms. The number of sulfonamides is 1. The fourth-order valence-corrected chi connectivity index (χ4v) is 7.05. The van der Waals surface area contributed by atoms with Crippen molar-refractivity contribution in [1.82, 2.24) is 14.1 Å². The summed E-state index contributed by atoms with van der Waals surface area (Å²) in [5.41, 5.74) is 1.15. The van der Waals surface area contributed by atoms with E-state index in [2.05, 4.69) is 21.9 Å². The van der Waals surface area contributed by atoms with Crippen LogP contribution in [0.1, 0.15) is 0 Å². The van der Waals surface area contributed by atoms with Gasteiger partial charge in [0.25, 0.3) is 10.0 Å². The molecule has 0 spiro atoms. The van der Waals surface area contributed by atoms with Gasteiger partial charge in [0.05, 0.1) is 18.0 Å². The zero-order valence-electron chi connectivity index (χ0n) is 17.9. The van der Waals surface area contributed by atoms with E-state index in [0.29, 0.717) is 37.1 Å². The van der Waals surface area contributed by atoms with Crippen LogP contribution in [-0.4, -0.2) is 94.4 Å². The smallest absolute Gasteiger partial charge is 0.252 e. The van der Waals surface area contributed by atoms with Crippen LogP contribution in [0, 0.1) is 0 Å². The van der Waals surface area contributed by atoms with E-state index in [1.807, 2.05) is 12.1 Å². The maximum absolute atomic E-state index is 12.8. The molecular weight excluding hydrogens is 472 g/mol. The molecule has 0 saturated carbocycles. The number of anilines is 1. The highest BCUT2D eigenvalue weighted by atomic mass is 35.5. The van der Waals surface area contributed by atoms with Crippen LogP contribution in [0.2, 0.25) is 4.34 Å². The number of piperazine rings is 2. The number of amides is 1. The number of rotatable bonds is 6. The van der Waals surface area contributed by atoms with Gasteiger partial charge in [-0.3, -0.25) is 9.69 Å². The van der Waals surface area contributed by atoms with Crippen LogP contribution < -0.4 is 9.64 Å². The fourth-order valence-electron chi connectivity index (χ4n) is 3.99. The third-order valence-corrected chi connectivity index (χ3v) is 9.50. The van der Waals surface area contributed by atoms with Gasteiger partial charge in [-0.05, 0) is 36.4 Å². The molecule has 0 radical (unpaired) electrons. The Morgan fingerprint density at radius 1 is 0.969 bits per heavy atom. The van der Waals surface area contributed by atoms with Gasteiger partial charge in [-0.2, -0.15) is 4.31 Å². The molecule has 3 heterocycles. The van der Waals surface area contributed by atoms with Gasteiger partial charge in [0, 0.05) is 58.0 Å². The van der Waals surface area contributed by atoms with Gasteiger partial charge in [-0.15, -0.1) is 11.3 Å². The number of methoxy groups -OCH3 is 1. The third-order valence-electron chi connectivity index (χ3n) is 5.90. The Hall–Kier alpha value is -1.85. The van der Waals surface area contributed by atoms with Gasteiger partial charge in [-0.25, -0.2) is 8.42 Å². The lowest BCUT2D eigenvalue weighted by Gasteiger charge is -2.38. The first-order chi connectivity index (χ1) is 15.4. The Kier molecular flexibility index (Phi) is 7.26. The Balaban J connectivity index is 1.24. The van der Waals surface area contributed by atoms with E-state index in [0.717, 1.165) is 49.0 Å². The summed E-state index contributed by atoms with van der Waals surface area (Å²) in [6.45, 7) is 5.11. The Morgan fingerprint density at radius 3 is 2.19 bits per heavy atom. The zero-order chi connectivity index (χ0) is 22.7. The lowest BCUT2D eigenvalue weighted by Crippen LogP contribution is -2.54. The summed E-state index contributed by atoms with van der Waals surface area (Å²) in [6, 6.07) is 11.1. The minimum atomic E-state index is -3.55. The lowest BCUT2D eigenvalue weighted by molar-refractivity contribution is -0.133. The van der Waals surface area contributed by atoms with Crippen molar-refractivity contribution in [3.8, 4) is 5.75 Å². The number of halogens is 1. The van der Waals surface area contributed by atoms with Crippen molar-refractivity contribution in [2.45, 2.75) is 4.21 Å². The number of carbonyl (C=O) groups is 1. The van der Waals surface area contributed by atoms with Crippen LogP contribution in [0.5, 0.6) is 5.75 Å². The van der Waals surface area contributed by atoms with Crippen molar-refractivity contribution < 1.29 is 17.9 Å². The normalized spacial score (nSPS) is 18.7. The average molecular weight is 499 g/mol. The van der Waals surface area contributed by atoms with Crippen molar-refractivity contribution in [3.05, 3.63) is 40.7 Å². The number of hydrogen-bond acceptors (Lipinski definition) is 7. The van der Waals surface area contributed by atoms with Gasteiger partial charge in [-0.1, -0.05) is 11.6 Å². The minimum absolute atomic E-state index is 0.0547. The van der Waals surface area contributed by atoms with Crippen molar-refractivity contribution in [1.29, 1.82) is 0 Å². The third kappa shape index (κ3) is 5.20. The molecule has 4 rings (SSSR count). The standard InChI is InChI=1S/C21H27ClN4O4S2/c1-30-18-4-2-17(3-5-18)24-10-8-23(9-11-24)16-20(27)25-12-14-26(15-13-25)32(28,29)21-7-6-19(22)31-21/h2-7H,8-16H2,1H3. The molecule has 32 heavy (non-hydrogen) atoms. The van der Waals surface area contributed by atoms with Crippen LogP contribution in [0.15, 0.2) is 40.6 Å². The summed E-state index contributed by atoms with van der Waals surface area (Å²) < 4.78 is 32.8. The summed E-state index contributed by atoms with van der Waals surface area (Å²) in [7, 11) is -1.89. The number of hydrogen-bond donors (Lipinski definition) is 0. The second-order valence-electron chi connectivity index (χ2n) is 7.80. The molecular formula is C21H27ClN4O4S2. The van der Waals surface area contributed by atoms with E-state index in [9.17, 15) is 13.2 Å². The molecule has 0 bridgehead atoms. The SMILES string of the molecule is COc1ccc(N2CCN(CC(=O)N3CCN(S(=O)(=O)c4ccc(Cl)s4)CC3)CC2)cc1. The molecule has 174 valence electrons. The van der Waals surface area contributed by atoms with E-state index in [-0.39, 0.29) is 10.1 Å².